The molecule has 0 radical (unpaired) electrons. The van der Waals surface area contributed by atoms with Crippen LogP contribution in [0.5, 0.6) is 0 Å². The maximum Gasteiger partial charge on any atom is 0.0359 e. The van der Waals surface area contributed by atoms with Crippen molar-refractivity contribution in [3.05, 3.63) is 24.0 Å². The molecule has 0 aliphatic heterocycles. The molecule has 0 aliphatic rings. The zero-order valence-electron chi connectivity index (χ0n) is 12.4. The Hall–Kier alpha value is -0.760. The third-order valence-corrected chi connectivity index (χ3v) is 3.46. The number of nitrogens with one attached hydrogen (secondary N) is 1. The lowest BCUT2D eigenvalue weighted by atomic mass is 10.0. The highest BCUT2D eigenvalue weighted by Gasteiger charge is 1.98. The number of hydrogen-bond donors (Lipinski definition) is 1. The zero-order chi connectivity index (χ0) is 13.2. The number of hydrogen-bond acceptors (Lipinski definition) is 1. The van der Waals surface area contributed by atoms with Crippen molar-refractivity contribution in [2.75, 3.05) is 6.54 Å². The molecular formula is C16H30N2. The lowest BCUT2D eigenvalue weighted by Gasteiger charge is -2.08. The van der Waals surface area contributed by atoms with Crippen LogP contribution in [0, 0.1) is 5.92 Å². The predicted molar refractivity (Wildman–Crippen MR) is 79.7 cm³/mol. The summed E-state index contributed by atoms with van der Waals surface area (Å²) in [5.41, 5.74) is 1.40. The van der Waals surface area contributed by atoms with Gasteiger partial charge in [-0.05, 0) is 37.9 Å². The van der Waals surface area contributed by atoms with Gasteiger partial charge in [0.25, 0.3) is 0 Å². The smallest absolute Gasteiger partial charge is 0.0359 e. The largest absolute Gasteiger partial charge is 0.351 e. The fourth-order valence-corrected chi connectivity index (χ4v) is 2.29. The van der Waals surface area contributed by atoms with E-state index in [-0.39, 0.29) is 0 Å². The van der Waals surface area contributed by atoms with E-state index in [0.717, 1.165) is 25.6 Å². The zero-order valence-corrected chi connectivity index (χ0v) is 12.4. The molecule has 0 unspecified atom stereocenters. The summed E-state index contributed by atoms with van der Waals surface area (Å²) in [4.78, 5) is 0. The molecule has 18 heavy (non-hydrogen) atoms. The van der Waals surface area contributed by atoms with Gasteiger partial charge in [-0.3, -0.25) is 0 Å². The molecule has 0 amide bonds. The van der Waals surface area contributed by atoms with E-state index in [9.17, 15) is 0 Å². The Labute approximate surface area is 113 Å². The van der Waals surface area contributed by atoms with Crippen molar-refractivity contribution in [2.24, 2.45) is 5.92 Å². The predicted octanol–water partition coefficient (Wildman–Crippen LogP) is 4.20. The molecule has 0 saturated carbocycles. The summed E-state index contributed by atoms with van der Waals surface area (Å²) >= 11 is 0. The Bertz CT molecular complexity index is 302. The first kappa shape index (κ1) is 15.3. The van der Waals surface area contributed by atoms with Gasteiger partial charge in [-0.1, -0.05) is 39.5 Å². The lowest BCUT2D eigenvalue weighted by molar-refractivity contribution is 0.510. The van der Waals surface area contributed by atoms with Crippen LogP contribution in [0.25, 0.3) is 0 Å². The van der Waals surface area contributed by atoms with E-state index in [1.807, 2.05) is 0 Å². The van der Waals surface area contributed by atoms with E-state index in [2.05, 4.69) is 49.0 Å². The summed E-state index contributed by atoms with van der Waals surface area (Å²) < 4.78 is 2.30. The van der Waals surface area contributed by atoms with Crippen LogP contribution in [0.1, 0.15) is 58.6 Å². The minimum atomic E-state index is 0.866. The normalized spacial score (nSPS) is 11.3. The van der Waals surface area contributed by atoms with Crippen LogP contribution < -0.4 is 5.32 Å². The number of rotatable bonds is 10. The van der Waals surface area contributed by atoms with Gasteiger partial charge in [-0.2, -0.15) is 0 Å². The molecule has 2 heteroatoms. The number of aryl methyl sites for hydroxylation is 1. The van der Waals surface area contributed by atoms with Crippen molar-refractivity contribution in [3.8, 4) is 0 Å². The maximum absolute atomic E-state index is 3.54. The second-order valence-electron chi connectivity index (χ2n) is 5.56. The van der Waals surface area contributed by atoms with Gasteiger partial charge in [0.2, 0.25) is 0 Å². The molecule has 0 bridgehead atoms. The van der Waals surface area contributed by atoms with E-state index >= 15 is 0 Å². The van der Waals surface area contributed by atoms with E-state index in [0.29, 0.717) is 0 Å². The Morgan fingerprint density at radius 3 is 2.67 bits per heavy atom. The van der Waals surface area contributed by atoms with Crippen molar-refractivity contribution in [1.29, 1.82) is 0 Å². The highest BCUT2D eigenvalue weighted by atomic mass is 15.0. The first-order chi connectivity index (χ1) is 8.74. The molecule has 0 fully saturated rings. The quantitative estimate of drug-likeness (QED) is 0.616. The Morgan fingerprint density at radius 1 is 1.17 bits per heavy atom. The van der Waals surface area contributed by atoms with Gasteiger partial charge in [0.1, 0.15) is 0 Å². The van der Waals surface area contributed by atoms with E-state index in [1.54, 1.807) is 0 Å². The molecule has 104 valence electrons. The number of aromatic nitrogens is 1. The second kappa shape index (κ2) is 9.21. The van der Waals surface area contributed by atoms with Gasteiger partial charge in [0.05, 0.1) is 0 Å². The van der Waals surface area contributed by atoms with E-state index < -0.39 is 0 Å². The SMILES string of the molecule is CCn1cccc1CNCCCCCCC(C)C. The molecule has 0 aromatic carbocycles. The molecule has 1 aromatic rings. The van der Waals surface area contributed by atoms with Crippen LogP contribution in [0.3, 0.4) is 0 Å². The van der Waals surface area contributed by atoms with Crippen molar-refractivity contribution < 1.29 is 0 Å². The summed E-state index contributed by atoms with van der Waals surface area (Å²) in [6.45, 7) is 10.0. The maximum atomic E-state index is 3.54. The number of nitrogens with zero attached hydrogens (tertiary/aromatic N) is 1. The average molecular weight is 250 g/mol. The summed E-state index contributed by atoms with van der Waals surface area (Å²) in [5, 5.41) is 3.54. The Balaban J connectivity index is 1.96. The fraction of sp³-hybridized carbons (Fsp3) is 0.750. The summed E-state index contributed by atoms with van der Waals surface area (Å²) in [6.07, 6.45) is 9.02. The van der Waals surface area contributed by atoms with E-state index in [1.165, 1.54) is 37.8 Å². The highest BCUT2D eigenvalue weighted by molar-refractivity contribution is 5.06. The van der Waals surface area contributed by atoms with Crippen molar-refractivity contribution in [2.45, 2.75) is 66.0 Å². The van der Waals surface area contributed by atoms with Gasteiger partial charge in [-0.15, -0.1) is 0 Å². The van der Waals surface area contributed by atoms with Crippen molar-refractivity contribution in [3.63, 3.8) is 0 Å². The minimum Gasteiger partial charge on any atom is -0.351 e. The Kier molecular flexibility index (Phi) is 7.83. The van der Waals surface area contributed by atoms with Crippen LogP contribution in [0.15, 0.2) is 18.3 Å². The van der Waals surface area contributed by atoms with Gasteiger partial charge in [0.15, 0.2) is 0 Å². The van der Waals surface area contributed by atoms with E-state index in [4.69, 9.17) is 0 Å². The molecule has 1 aromatic heterocycles. The van der Waals surface area contributed by atoms with Crippen molar-refractivity contribution >= 4 is 0 Å². The first-order valence-corrected chi connectivity index (χ1v) is 7.58. The fourth-order valence-electron chi connectivity index (χ4n) is 2.29. The third-order valence-electron chi connectivity index (χ3n) is 3.46. The minimum absolute atomic E-state index is 0.866. The summed E-state index contributed by atoms with van der Waals surface area (Å²) in [5.74, 6) is 0.866. The van der Waals surface area contributed by atoms with Crippen molar-refractivity contribution in [1.82, 2.24) is 9.88 Å². The Morgan fingerprint density at radius 2 is 1.94 bits per heavy atom. The number of unbranched alkanes of at least 4 members (excludes halogenated alkanes) is 3. The summed E-state index contributed by atoms with van der Waals surface area (Å²) in [6, 6.07) is 4.34. The molecular weight excluding hydrogens is 220 g/mol. The molecule has 0 aliphatic carbocycles. The van der Waals surface area contributed by atoms with Gasteiger partial charge in [-0.25, -0.2) is 0 Å². The van der Waals surface area contributed by atoms with Gasteiger partial charge < -0.3 is 9.88 Å². The third kappa shape index (κ3) is 6.25. The summed E-state index contributed by atoms with van der Waals surface area (Å²) in [7, 11) is 0. The van der Waals surface area contributed by atoms with Crippen LogP contribution in [-0.4, -0.2) is 11.1 Å². The topological polar surface area (TPSA) is 17.0 Å². The molecule has 0 saturated heterocycles. The van der Waals surface area contributed by atoms with Crippen LogP contribution in [-0.2, 0) is 13.1 Å². The van der Waals surface area contributed by atoms with Crippen LogP contribution >= 0.6 is 0 Å². The molecule has 0 atom stereocenters. The molecule has 1 rings (SSSR count). The molecule has 2 nitrogen and oxygen atoms in total. The molecule has 1 N–H and O–H groups in total. The standard InChI is InChI=1S/C16H30N2/c1-4-18-13-9-11-16(18)14-17-12-8-6-5-7-10-15(2)3/h9,11,13,15,17H,4-8,10,12,14H2,1-3H3. The highest BCUT2D eigenvalue weighted by Crippen LogP contribution is 2.09. The van der Waals surface area contributed by atoms with Crippen LogP contribution in [0.2, 0.25) is 0 Å². The monoisotopic (exact) mass is 250 g/mol. The van der Waals surface area contributed by atoms with Gasteiger partial charge >= 0.3 is 0 Å². The van der Waals surface area contributed by atoms with Crippen LogP contribution in [0.4, 0.5) is 0 Å². The van der Waals surface area contributed by atoms with Gasteiger partial charge in [0, 0.05) is 25.0 Å². The average Bonchev–Trinajstić information content (AvgIpc) is 2.79. The molecule has 0 spiro atoms. The second-order valence-corrected chi connectivity index (χ2v) is 5.56. The lowest BCUT2D eigenvalue weighted by Crippen LogP contribution is -2.17. The molecule has 1 heterocycles. The first-order valence-electron chi connectivity index (χ1n) is 7.58.